The van der Waals surface area contributed by atoms with Gasteiger partial charge in [-0.25, -0.2) is 9.78 Å². The Kier molecular flexibility index (Phi) is 8.80. The first kappa shape index (κ1) is 30.5. The number of aromatic nitrogens is 3. The fourth-order valence-corrected chi connectivity index (χ4v) is 5.38. The molecule has 0 bridgehead atoms. The van der Waals surface area contributed by atoms with Crippen molar-refractivity contribution in [3.05, 3.63) is 106 Å². The molecule has 4 aromatic rings. The van der Waals surface area contributed by atoms with Gasteiger partial charge in [-0.15, -0.1) is 0 Å². The fraction of sp³-hybridized carbons (Fsp3) is 0.324. The Morgan fingerprint density at radius 1 is 1.02 bits per heavy atom. The summed E-state index contributed by atoms with van der Waals surface area (Å²) in [5, 5.41) is 6.23. The molecule has 5 rings (SSSR count). The number of ether oxygens (including phenoxy) is 1. The van der Waals surface area contributed by atoms with Crippen molar-refractivity contribution in [2.45, 2.75) is 58.7 Å². The summed E-state index contributed by atoms with van der Waals surface area (Å²) in [5.41, 5.74) is 3.73. The minimum atomic E-state index is -0.653. The van der Waals surface area contributed by atoms with Crippen LogP contribution in [0.25, 0.3) is 11.3 Å². The van der Waals surface area contributed by atoms with Crippen LogP contribution >= 0.6 is 0 Å². The standard InChI is InChI=1S/C34H38N6O4/c1-6-23-13-10-14-25-21-40(30(41)27(23)25)29-28(24-15-17-35-18-16-24)38-32(39(5)31(29)42)36-20-26(19-22-11-8-7-9-12-22)37-33(43)44-34(2,3)4/h7-18,26H,6,19-21H2,1-5H3,(H,36,38)(H,37,43)/t26-/m0/s1. The molecule has 0 aliphatic carbocycles. The van der Waals surface area contributed by atoms with Gasteiger partial charge in [-0.2, -0.15) is 0 Å². The zero-order valence-electron chi connectivity index (χ0n) is 25.8. The highest BCUT2D eigenvalue weighted by molar-refractivity contribution is 6.12. The number of pyridine rings is 1. The summed E-state index contributed by atoms with van der Waals surface area (Å²) in [4.78, 5) is 51.1. The van der Waals surface area contributed by atoms with Gasteiger partial charge in [0.25, 0.3) is 11.5 Å². The molecule has 2 N–H and O–H groups in total. The SMILES string of the molecule is CCc1cccc2c1C(=O)N(c1c(-c3ccncc3)nc(NC[C@H](Cc3ccccc3)NC(=O)OC(C)(C)C)n(C)c1=O)C2. The van der Waals surface area contributed by atoms with Gasteiger partial charge in [0.05, 0.1) is 12.6 Å². The Morgan fingerprint density at radius 2 is 1.75 bits per heavy atom. The second-order valence-corrected chi connectivity index (χ2v) is 11.8. The van der Waals surface area contributed by atoms with E-state index >= 15 is 0 Å². The molecule has 0 spiro atoms. The van der Waals surface area contributed by atoms with E-state index in [2.05, 4.69) is 15.6 Å². The van der Waals surface area contributed by atoms with Crippen molar-refractivity contribution in [1.29, 1.82) is 0 Å². The second kappa shape index (κ2) is 12.7. The highest BCUT2D eigenvalue weighted by atomic mass is 16.6. The highest BCUT2D eigenvalue weighted by Crippen LogP contribution is 2.34. The fourth-order valence-electron chi connectivity index (χ4n) is 5.38. The van der Waals surface area contributed by atoms with Crippen LogP contribution in [0, 0.1) is 0 Å². The van der Waals surface area contributed by atoms with E-state index in [1.807, 2.05) is 76.2 Å². The van der Waals surface area contributed by atoms with E-state index in [0.29, 0.717) is 35.6 Å². The topological polar surface area (TPSA) is 118 Å². The van der Waals surface area contributed by atoms with Gasteiger partial charge < -0.3 is 15.4 Å². The van der Waals surface area contributed by atoms with Gasteiger partial charge in [-0.3, -0.25) is 24.0 Å². The average molecular weight is 595 g/mol. The monoisotopic (exact) mass is 594 g/mol. The molecule has 10 nitrogen and oxygen atoms in total. The smallest absolute Gasteiger partial charge is 0.407 e. The maximum atomic E-state index is 14.1. The molecule has 2 amide bonds. The molecule has 10 heteroatoms. The summed E-state index contributed by atoms with van der Waals surface area (Å²) in [6.07, 6.45) is 3.95. The molecule has 1 aliphatic rings. The number of nitrogens with one attached hydrogen (secondary N) is 2. The molecule has 0 unspecified atom stereocenters. The normalized spacial score (nSPS) is 13.4. The number of aryl methyl sites for hydroxylation is 1. The number of carbonyl (C=O) groups is 2. The number of alkyl carbamates (subject to hydrolysis) is 1. The Balaban J connectivity index is 1.50. The van der Waals surface area contributed by atoms with E-state index in [4.69, 9.17) is 9.72 Å². The first-order valence-electron chi connectivity index (χ1n) is 14.8. The lowest BCUT2D eigenvalue weighted by atomic mass is 10.0. The van der Waals surface area contributed by atoms with Gasteiger partial charge in [0.15, 0.2) is 0 Å². The number of carbonyl (C=O) groups excluding carboxylic acids is 2. The number of nitrogens with zero attached hydrogens (tertiary/aromatic N) is 4. The van der Waals surface area contributed by atoms with E-state index in [9.17, 15) is 14.4 Å². The van der Waals surface area contributed by atoms with E-state index in [1.165, 1.54) is 9.47 Å². The van der Waals surface area contributed by atoms with Crippen molar-refractivity contribution >= 4 is 23.6 Å². The number of hydrogen-bond donors (Lipinski definition) is 2. The number of fused-ring (bicyclic) bond motifs is 1. The van der Waals surface area contributed by atoms with Crippen molar-refractivity contribution in [2.75, 3.05) is 16.8 Å². The molecule has 2 aromatic heterocycles. The zero-order chi connectivity index (χ0) is 31.4. The summed E-state index contributed by atoms with van der Waals surface area (Å²) in [7, 11) is 1.62. The Hall–Kier alpha value is -4.99. The van der Waals surface area contributed by atoms with Crippen LogP contribution in [0.5, 0.6) is 0 Å². The number of rotatable bonds is 9. The minimum absolute atomic E-state index is 0.209. The lowest BCUT2D eigenvalue weighted by Crippen LogP contribution is -2.44. The Bertz CT molecular complexity index is 1710. The van der Waals surface area contributed by atoms with Crippen molar-refractivity contribution in [3.63, 3.8) is 0 Å². The van der Waals surface area contributed by atoms with Crippen LogP contribution in [-0.2, 0) is 31.2 Å². The van der Waals surface area contributed by atoms with Crippen molar-refractivity contribution in [2.24, 2.45) is 7.05 Å². The van der Waals surface area contributed by atoms with Crippen LogP contribution in [0.3, 0.4) is 0 Å². The third kappa shape index (κ3) is 6.64. The van der Waals surface area contributed by atoms with Crippen molar-refractivity contribution in [1.82, 2.24) is 19.9 Å². The van der Waals surface area contributed by atoms with Gasteiger partial charge in [0.1, 0.15) is 17.0 Å². The molecule has 1 aliphatic heterocycles. The van der Waals surface area contributed by atoms with E-state index in [-0.39, 0.29) is 36.3 Å². The predicted octanol–water partition coefficient (Wildman–Crippen LogP) is 5.11. The second-order valence-electron chi connectivity index (χ2n) is 11.8. The summed E-state index contributed by atoms with van der Waals surface area (Å²) in [6.45, 7) is 7.99. The van der Waals surface area contributed by atoms with E-state index in [1.54, 1.807) is 31.6 Å². The average Bonchev–Trinajstić information content (AvgIpc) is 3.33. The van der Waals surface area contributed by atoms with Crippen LogP contribution < -0.4 is 21.1 Å². The molecule has 0 saturated heterocycles. The Labute approximate surface area is 257 Å². The summed E-state index contributed by atoms with van der Waals surface area (Å²) in [5.74, 6) is 0.0878. The lowest BCUT2D eigenvalue weighted by molar-refractivity contribution is 0.0506. The number of amides is 2. The summed E-state index contributed by atoms with van der Waals surface area (Å²) >= 11 is 0. The summed E-state index contributed by atoms with van der Waals surface area (Å²) in [6, 6.07) is 18.8. The van der Waals surface area contributed by atoms with Crippen molar-refractivity contribution < 1.29 is 14.3 Å². The molecular formula is C34H38N6O4. The molecule has 0 fully saturated rings. The minimum Gasteiger partial charge on any atom is -0.444 e. The molecule has 44 heavy (non-hydrogen) atoms. The van der Waals surface area contributed by atoms with Gasteiger partial charge in [-0.1, -0.05) is 55.5 Å². The first-order chi connectivity index (χ1) is 21.1. The van der Waals surface area contributed by atoms with Crippen LogP contribution in [0.1, 0.15) is 54.7 Å². The molecule has 228 valence electrons. The highest BCUT2D eigenvalue weighted by Gasteiger charge is 2.35. The molecule has 1 atom stereocenters. The number of benzene rings is 2. The maximum Gasteiger partial charge on any atom is 0.407 e. The molecular weight excluding hydrogens is 556 g/mol. The van der Waals surface area contributed by atoms with Gasteiger partial charge in [0, 0.05) is 37.1 Å². The van der Waals surface area contributed by atoms with Gasteiger partial charge in [0.2, 0.25) is 5.95 Å². The van der Waals surface area contributed by atoms with Crippen LogP contribution in [0.4, 0.5) is 16.4 Å². The zero-order valence-corrected chi connectivity index (χ0v) is 25.8. The van der Waals surface area contributed by atoms with Gasteiger partial charge in [-0.05, 0) is 62.4 Å². The van der Waals surface area contributed by atoms with Crippen LogP contribution in [-0.4, -0.2) is 44.7 Å². The number of anilines is 2. The third-order valence-electron chi connectivity index (χ3n) is 7.45. The lowest BCUT2D eigenvalue weighted by Gasteiger charge is -2.25. The largest absolute Gasteiger partial charge is 0.444 e. The van der Waals surface area contributed by atoms with Crippen LogP contribution in [0.15, 0.2) is 77.9 Å². The van der Waals surface area contributed by atoms with E-state index < -0.39 is 11.7 Å². The van der Waals surface area contributed by atoms with Crippen molar-refractivity contribution in [3.8, 4) is 11.3 Å². The van der Waals surface area contributed by atoms with Gasteiger partial charge >= 0.3 is 6.09 Å². The van der Waals surface area contributed by atoms with E-state index in [0.717, 1.165) is 16.7 Å². The quantitative estimate of drug-likeness (QED) is 0.276. The predicted molar refractivity (Wildman–Crippen MR) is 171 cm³/mol. The molecule has 0 saturated carbocycles. The molecule has 3 heterocycles. The number of hydrogen-bond acceptors (Lipinski definition) is 7. The Morgan fingerprint density at radius 3 is 2.43 bits per heavy atom. The molecule has 2 aromatic carbocycles. The third-order valence-corrected chi connectivity index (χ3v) is 7.45. The first-order valence-corrected chi connectivity index (χ1v) is 14.8. The summed E-state index contributed by atoms with van der Waals surface area (Å²) < 4.78 is 6.92. The molecule has 0 radical (unpaired) electrons. The van der Waals surface area contributed by atoms with Crippen LogP contribution in [0.2, 0.25) is 0 Å². The maximum absolute atomic E-state index is 14.1.